The van der Waals surface area contributed by atoms with Gasteiger partial charge >= 0.3 is 0 Å². The van der Waals surface area contributed by atoms with Crippen LogP contribution < -0.4 is 5.43 Å². The van der Waals surface area contributed by atoms with Crippen molar-refractivity contribution >= 4 is 5.91 Å². The molecule has 1 amide bonds. The summed E-state index contributed by atoms with van der Waals surface area (Å²) >= 11 is 0. The molecule has 2 heterocycles. The molecule has 0 saturated carbocycles. The van der Waals surface area contributed by atoms with E-state index in [4.69, 9.17) is 5.26 Å². The minimum absolute atomic E-state index is 0.0184. The molecule has 2 fully saturated rings. The number of hydrogen-bond acceptors (Lipinski definition) is 4. The standard InChI is InChI=1S/C9H14N4O/c1-12-5-6(3-10)7-4-11-13(2)9(14)8(7)12/h6-8,11H,4-5H2,1-2H3. The molecule has 2 rings (SSSR count). The highest BCUT2D eigenvalue weighted by Gasteiger charge is 2.47. The molecule has 0 aromatic carbocycles. The molecule has 2 aliphatic rings. The van der Waals surface area contributed by atoms with Gasteiger partial charge in [-0.1, -0.05) is 0 Å². The minimum Gasteiger partial charge on any atom is -0.293 e. The number of nitrogens with zero attached hydrogens (tertiary/aromatic N) is 3. The molecular formula is C9H14N4O. The molecule has 0 aliphatic carbocycles. The summed E-state index contributed by atoms with van der Waals surface area (Å²) in [7, 11) is 3.64. The Labute approximate surface area is 83.2 Å². The first-order valence-corrected chi connectivity index (χ1v) is 4.76. The van der Waals surface area contributed by atoms with Gasteiger partial charge in [-0.05, 0) is 7.05 Å². The Balaban J connectivity index is 2.23. The number of fused-ring (bicyclic) bond motifs is 1. The van der Waals surface area contributed by atoms with Crippen LogP contribution in [0.3, 0.4) is 0 Å². The Morgan fingerprint density at radius 1 is 1.57 bits per heavy atom. The van der Waals surface area contributed by atoms with Crippen LogP contribution >= 0.6 is 0 Å². The Bertz CT molecular complexity index is 298. The van der Waals surface area contributed by atoms with Gasteiger partial charge in [0.2, 0.25) is 0 Å². The summed E-state index contributed by atoms with van der Waals surface area (Å²) < 4.78 is 0. The van der Waals surface area contributed by atoms with Crippen molar-refractivity contribution in [1.29, 1.82) is 5.26 Å². The number of amides is 1. The van der Waals surface area contributed by atoms with E-state index in [1.807, 2.05) is 11.9 Å². The molecule has 5 heteroatoms. The number of likely N-dealkylation sites (tertiary alicyclic amines) is 1. The average Bonchev–Trinajstić information content (AvgIpc) is 2.49. The van der Waals surface area contributed by atoms with E-state index in [1.54, 1.807) is 7.05 Å². The van der Waals surface area contributed by atoms with Crippen LogP contribution in [0.5, 0.6) is 0 Å². The van der Waals surface area contributed by atoms with Crippen molar-refractivity contribution in [2.75, 3.05) is 27.2 Å². The first-order valence-electron chi connectivity index (χ1n) is 4.76. The van der Waals surface area contributed by atoms with Gasteiger partial charge < -0.3 is 0 Å². The highest BCUT2D eigenvalue weighted by Crippen LogP contribution is 2.30. The van der Waals surface area contributed by atoms with Gasteiger partial charge in [0.15, 0.2) is 0 Å². The van der Waals surface area contributed by atoms with Gasteiger partial charge in [0, 0.05) is 26.1 Å². The van der Waals surface area contributed by atoms with Gasteiger partial charge in [-0.15, -0.1) is 0 Å². The average molecular weight is 194 g/mol. The second kappa shape index (κ2) is 3.23. The van der Waals surface area contributed by atoms with Crippen LogP contribution in [0.25, 0.3) is 0 Å². The van der Waals surface area contributed by atoms with Crippen LogP contribution in [-0.2, 0) is 4.79 Å². The van der Waals surface area contributed by atoms with Crippen molar-refractivity contribution in [1.82, 2.24) is 15.3 Å². The topological polar surface area (TPSA) is 59.4 Å². The fraction of sp³-hybridized carbons (Fsp3) is 0.778. The quantitative estimate of drug-likeness (QED) is 0.539. The van der Waals surface area contributed by atoms with E-state index in [1.165, 1.54) is 5.01 Å². The Kier molecular flexibility index (Phi) is 2.17. The Hall–Kier alpha value is -1.12. The van der Waals surface area contributed by atoms with Crippen molar-refractivity contribution in [3.63, 3.8) is 0 Å². The third kappa shape index (κ3) is 1.19. The molecule has 0 bridgehead atoms. The van der Waals surface area contributed by atoms with Crippen LogP contribution in [0, 0.1) is 23.2 Å². The zero-order chi connectivity index (χ0) is 10.3. The molecule has 14 heavy (non-hydrogen) atoms. The second-order valence-corrected chi connectivity index (χ2v) is 4.04. The molecule has 0 spiro atoms. The summed E-state index contributed by atoms with van der Waals surface area (Å²) in [4.78, 5) is 13.8. The minimum atomic E-state index is -0.106. The van der Waals surface area contributed by atoms with Crippen molar-refractivity contribution in [3.8, 4) is 6.07 Å². The molecular weight excluding hydrogens is 180 g/mol. The van der Waals surface area contributed by atoms with Crippen LogP contribution in [0.2, 0.25) is 0 Å². The number of likely N-dealkylation sites (N-methyl/N-ethyl adjacent to an activating group) is 2. The molecule has 0 radical (unpaired) electrons. The Morgan fingerprint density at radius 3 is 2.93 bits per heavy atom. The predicted octanol–water partition coefficient (Wildman–Crippen LogP) is -0.967. The van der Waals surface area contributed by atoms with Gasteiger partial charge in [0.1, 0.15) is 0 Å². The molecule has 5 nitrogen and oxygen atoms in total. The second-order valence-electron chi connectivity index (χ2n) is 4.04. The van der Waals surface area contributed by atoms with Crippen LogP contribution in [-0.4, -0.2) is 49.0 Å². The molecule has 2 saturated heterocycles. The lowest BCUT2D eigenvalue weighted by molar-refractivity contribution is -0.142. The summed E-state index contributed by atoms with van der Waals surface area (Å²) in [6.45, 7) is 1.42. The maximum Gasteiger partial charge on any atom is 0.254 e. The lowest BCUT2D eigenvalue weighted by atomic mass is 9.90. The van der Waals surface area contributed by atoms with Crippen molar-refractivity contribution in [3.05, 3.63) is 0 Å². The summed E-state index contributed by atoms with van der Waals surface area (Å²) in [6, 6.07) is 2.17. The van der Waals surface area contributed by atoms with Gasteiger partial charge in [0.05, 0.1) is 18.0 Å². The number of rotatable bonds is 0. The van der Waals surface area contributed by atoms with Gasteiger partial charge in [-0.25, -0.2) is 5.43 Å². The highest BCUT2D eigenvalue weighted by molar-refractivity contribution is 5.82. The van der Waals surface area contributed by atoms with E-state index in [2.05, 4.69) is 11.5 Å². The molecule has 3 unspecified atom stereocenters. The maximum absolute atomic E-state index is 11.8. The van der Waals surface area contributed by atoms with Gasteiger partial charge in [-0.2, -0.15) is 5.26 Å². The van der Waals surface area contributed by atoms with E-state index in [0.717, 1.165) is 6.54 Å². The van der Waals surface area contributed by atoms with Crippen molar-refractivity contribution in [2.24, 2.45) is 11.8 Å². The fourth-order valence-corrected chi connectivity index (χ4v) is 2.39. The first-order chi connectivity index (χ1) is 6.65. The molecule has 0 aromatic rings. The van der Waals surface area contributed by atoms with E-state index in [-0.39, 0.29) is 23.8 Å². The molecule has 2 aliphatic heterocycles. The fourth-order valence-electron chi connectivity index (χ4n) is 2.39. The lowest BCUT2D eigenvalue weighted by Crippen LogP contribution is -2.58. The van der Waals surface area contributed by atoms with E-state index >= 15 is 0 Å². The van der Waals surface area contributed by atoms with E-state index in [9.17, 15) is 4.79 Å². The number of carbonyl (C=O) groups excluding carboxylic acids is 1. The van der Waals surface area contributed by atoms with Crippen molar-refractivity contribution < 1.29 is 4.79 Å². The summed E-state index contributed by atoms with van der Waals surface area (Å²) in [6.07, 6.45) is 0. The van der Waals surface area contributed by atoms with E-state index < -0.39 is 0 Å². The number of hydrazine groups is 1. The Morgan fingerprint density at radius 2 is 2.29 bits per heavy atom. The first kappa shape index (κ1) is 9.44. The SMILES string of the molecule is CN1NCC2C(C#N)CN(C)C2C1=O. The van der Waals surface area contributed by atoms with Crippen LogP contribution in [0.4, 0.5) is 0 Å². The lowest BCUT2D eigenvalue weighted by Gasteiger charge is -2.35. The zero-order valence-electron chi connectivity index (χ0n) is 8.40. The smallest absolute Gasteiger partial charge is 0.254 e. The number of hydrogen-bond donors (Lipinski definition) is 1. The predicted molar refractivity (Wildman–Crippen MR) is 49.8 cm³/mol. The molecule has 1 N–H and O–H groups in total. The number of nitrogens with one attached hydrogen (secondary N) is 1. The summed E-state index contributed by atoms with van der Waals surface area (Å²) in [5.74, 6) is 0.199. The van der Waals surface area contributed by atoms with Crippen molar-refractivity contribution in [2.45, 2.75) is 6.04 Å². The normalized spacial score (nSPS) is 38.2. The largest absolute Gasteiger partial charge is 0.293 e. The van der Waals surface area contributed by atoms with Crippen LogP contribution in [0.1, 0.15) is 0 Å². The summed E-state index contributed by atoms with van der Waals surface area (Å²) in [5.41, 5.74) is 2.99. The highest BCUT2D eigenvalue weighted by atomic mass is 16.2. The van der Waals surface area contributed by atoms with Gasteiger partial charge in [0.25, 0.3) is 5.91 Å². The summed E-state index contributed by atoms with van der Waals surface area (Å²) in [5, 5.41) is 10.5. The third-order valence-corrected chi connectivity index (χ3v) is 3.20. The van der Waals surface area contributed by atoms with E-state index in [0.29, 0.717) is 6.54 Å². The molecule has 3 atom stereocenters. The monoisotopic (exact) mass is 194 g/mol. The molecule has 0 aromatic heterocycles. The third-order valence-electron chi connectivity index (χ3n) is 3.20. The number of nitriles is 1. The molecule has 76 valence electrons. The number of carbonyl (C=O) groups is 1. The van der Waals surface area contributed by atoms with Gasteiger partial charge in [-0.3, -0.25) is 14.7 Å². The zero-order valence-corrected chi connectivity index (χ0v) is 8.40. The maximum atomic E-state index is 11.8. The van der Waals surface area contributed by atoms with Crippen LogP contribution in [0.15, 0.2) is 0 Å².